The lowest BCUT2D eigenvalue weighted by molar-refractivity contribution is 0.171. The van der Waals surface area contributed by atoms with Gasteiger partial charge >= 0.3 is 0 Å². The number of rotatable bonds is 7. The van der Waals surface area contributed by atoms with Crippen molar-refractivity contribution in [2.45, 2.75) is 31.9 Å². The highest BCUT2D eigenvalue weighted by Crippen LogP contribution is 2.28. The van der Waals surface area contributed by atoms with Crippen molar-refractivity contribution in [3.05, 3.63) is 70.0 Å². The van der Waals surface area contributed by atoms with Crippen molar-refractivity contribution >= 4 is 23.3 Å². The summed E-state index contributed by atoms with van der Waals surface area (Å²) in [5.41, 5.74) is 1.74. The fraction of sp³-hybridized carbons (Fsp3) is 0.286. The summed E-state index contributed by atoms with van der Waals surface area (Å²) < 4.78 is 0. The third-order valence-electron chi connectivity index (χ3n) is 4.70. The monoisotopic (exact) mass is 404 g/mol. The first kappa shape index (κ1) is 21.8. The van der Waals surface area contributed by atoms with Crippen LogP contribution >= 0.6 is 12.4 Å². The Balaban J connectivity index is 0.00000280. The van der Waals surface area contributed by atoms with E-state index >= 15 is 0 Å². The molecule has 0 aliphatic heterocycles. The zero-order valence-electron chi connectivity index (χ0n) is 15.6. The van der Waals surface area contributed by atoms with E-state index in [-0.39, 0.29) is 35.5 Å². The van der Waals surface area contributed by atoms with Crippen LogP contribution in [0.1, 0.15) is 30.6 Å². The minimum atomic E-state index is -0.776. The molecule has 28 heavy (non-hydrogen) atoms. The van der Waals surface area contributed by atoms with Gasteiger partial charge in [0, 0.05) is 24.0 Å². The van der Waals surface area contributed by atoms with Gasteiger partial charge in [-0.3, -0.25) is 4.79 Å². The van der Waals surface area contributed by atoms with Crippen molar-refractivity contribution in [1.82, 2.24) is 10.3 Å². The molecule has 0 aliphatic carbocycles. The molecule has 0 spiro atoms. The molecule has 6 nitrogen and oxygen atoms in total. The minimum absolute atomic E-state index is 0. The van der Waals surface area contributed by atoms with Crippen LogP contribution in [0.3, 0.4) is 0 Å². The highest BCUT2D eigenvalue weighted by Gasteiger charge is 2.15. The molecule has 5 N–H and O–H groups in total. The third kappa shape index (κ3) is 5.25. The molecule has 0 saturated carbocycles. The molecule has 0 bridgehead atoms. The number of aliphatic hydroxyl groups is 1. The highest BCUT2D eigenvalue weighted by atomic mass is 35.5. The van der Waals surface area contributed by atoms with Crippen LogP contribution in [0.4, 0.5) is 0 Å². The molecular formula is C21H25ClN2O4. The first-order valence-corrected chi connectivity index (χ1v) is 8.98. The number of halogens is 1. The van der Waals surface area contributed by atoms with Gasteiger partial charge in [-0.2, -0.15) is 0 Å². The van der Waals surface area contributed by atoms with Gasteiger partial charge in [-0.15, -0.1) is 12.4 Å². The molecule has 0 saturated heterocycles. The smallest absolute Gasteiger partial charge is 0.248 e. The van der Waals surface area contributed by atoms with Crippen LogP contribution in [0.25, 0.3) is 10.9 Å². The summed E-state index contributed by atoms with van der Waals surface area (Å²) in [6.07, 6.45) is 0.907. The zero-order chi connectivity index (χ0) is 19.4. The molecule has 0 radical (unpaired) electrons. The molecule has 2 atom stereocenters. The Bertz CT molecular complexity index is 990. The first-order valence-electron chi connectivity index (χ1n) is 8.98. The lowest BCUT2D eigenvalue weighted by Gasteiger charge is -2.19. The Morgan fingerprint density at radius 3 is 2.64 bits per heavy atom. The van der Waals surface area contributed by atoms with Crippen molar-refractivity contribution in [1.29, 1.82) is 0 Å². The van der Waals surface area contributed by atoms with Gasteiger partial charge in [0.1, 0.15) is 11.5 Å². The maximum Gasteiger partial charge on any atom is 0.248 e. The zero-order valence-corrected chi connectivity index (χ0v) is 16.4. The fourth-order valence-electron chi connectivity index (χ4n) is 3.17. The van der Waals surface area contributed by atoms with Crippen molar-refractivity contribution in [2.75, 3.05) is 6.54 Å². The molecule has 3 rings (SSSR count). The number of fused-ring (bicyclic) bond motifs is 1. The number of hydrogen-bond donors (Lipinski definition) is 5. The van der Waals surface area contributed by atoms with Crippen molar-refractivity contribution in [2.24, 2.45) is 0 Å². The summed E-state index contributed by atoms with van der Waals surface area (Å²) in [5, 5.41) is 34.0. The highest BCUT2D eigenvalue weighted by molar-refractivity contribution is 5.87. The van der Waals surface area contributed by atoms with E-state index in [1.165, 1.54) is 12.1 Å². The molecule has 0 amide bonds. The van der Waals surface area contributed by atoms with Gasteiger partial charge in [0.15, 0.2) is 0 Å². The predicted octanol–water partition coefficient (Wildman–Crippen LogP) is 3.01. The van der Waals surface area contributed by atoms with E-state index < -0.39 is 6.10 Å². The number of aliphatic hydroxyl groups excluding tert-OH is 1. The van der Waals surface area contributed by atoms with E-state index in [2.05, 4.69) is 10.3 Å². The maximum atomic E-state index is 11.5. The molecule has 150 valence electrons. The minimum Gasteiger partial charge on any atom is -0.508 e. The molecule has 2 aromatic carbocycles. The van der Waals surface area contributed by atoms with Crippen LogP contribution in [-0.2, 0) is 6.42 Å². The number of aryl methyl sites for hydroxylation is 1. The SMILES string of the molecule is CC(CCc1cccc(O)c1)NCC(O)c1ccc(O)c2[nH]c(=O)ccc12.Cl. The molecule has 0 fully saturated rings. The van der Waals surface area contributed by atoms with E-state index in [0.717, 1.165) is 18.4 Å². The average molecular weight is 405 g/mol. The Labute approximate surface area is 169 Å². The quantitative estimate of drug-likeness (QED) is 0.416. The summed E-state index contributed by atoms with van der Waals surface area (Å²) in [4.78, 5) is 14.1. The van der Waals surface area contributed by atoms with Crippen molar-refractivity contribution in [3.63, 3.8) is 0 Å². The van der Waals surface area contributed by atoms with Crippen LogP contribution in [0.2, 0.25) is 0 Å². The lowest BCUT2D eigenvalue weighted by Crippen LogP contribution is -2.31. The van der Waals surface area contributed by atoms with Crippen molar-refractivity contribution in [3.8, 4) is 11.5 Å². The second-order valence-electron chi connectivity index (χ2n) is 6.82. The number of phenols is 2. The summed E-state index contributed by atoms with van der Waals surface area (Å²) in [7, 11) is 0. The molecule has 3 aromatic rings. The van der Waals surface area contributed by atoms with E-state index in [1.54, 1.807) is 24.3 Å². The van der Waals surface area contributed by atoms with Crippen LogP contribution < -0.4 is 10.9 Å². The number of H-pyrrole nitrogens is 1. The predicted molar refractivity (Wildman–Crippen MR) is 112 cm³/mol. The Morgan fingerprint density at radius 2 is 1.89 bits per heavy atom. The second kappa shape index (κ2) is 9.59. The number of aromatic amines is 1. The van der Waals surface area contributed by atoms with Crippen LogP contribution in [0, 0.1) is 0 Å². The van der Waals surface area contributed by atoms with Gasteiger partial charge in [0.2, 0.25) is 5.56 Å². The molecule has 2 unspecified atom stereocenters. The van der Waals surface area contributed by atoms with Crippen LogP contribution in [-0.4, -0.2) is 32.9 Å². The second-order valence-corrected chi connectivity index (χ2v) is 6.82. The number of aromatic nitrogens is 1. The number of nitrogens with one attached hydrogen (secondary N) is 2. The molecular weight excluding hydrogens is 380 g/mol. The Kier molecular flexibility index (Phi) is 7.45. The summed E-state index contributed by atoms with van der Waals surface area (Å²) in [6, 6.07) is 13.5. The number of aromatic hydroxyl groups is 2. The van der Waals surface area contributed by atoms with Gasteiger partial charge in [-0.25, -0.2) is 0 Å². The van der Waals surface area contributed by atoms with Crippen LogP contribution in [0.5, 0.6) is 11.5 Å². The summed E-state index contributed by atoms with van der Waals surface area (Å²) in [6.45, 7) is 2.39. The van der Waals surface area contributed by atoms with Crippen molar-refractivity contribution < 1.29 is 15.3 Å². The topological polar surface area (TPSA) is 106 Å². The Morgan fingerprint density at radius 1 is 1.11 bits per heavy atom. The number of pyridine rings is 1. The number of benzene rings is 2. The van der Waals surface area contributed by atoms with E-state index in [1.807, 2.05) is 19.1 Å². The summed E-state index contributed by atoms with van der Waals surface area (Å²) >= 11 is 0. The normalized spacial score (nSPS) is 13.1. The van der Waals surface area contributed by atoms with Gasteiger partial charge in [0.05, 0.1) is 11.6 Å². The largest absolute Gasteiger partial charge is 0.508 e. The van der Waals surface area contributed by atoms with Gasteiger partial charge in [-0.05, 0) is 55.2 Å². The first-order chi connectivity index (χ1) is 12.9. The van der Waals surface area contributed by atoms with Gasteiger partial charge < -0.3 is 25.6 Å². The third-order valence-corrected chi connectivity index (χ3v) is 4.70. The summed E-state index contributed by atoms with van der Waals surface area (Å²) in [5.74, 6) is 0.242. The fourth-order valence-corrected chi connectivity index (χ4v) is 3.17. The standard InChI is InChI=1S/C21H24N2O4.ClH/c1-13(5-6-14-3-2-4-15(24)11-14)22-12-19(26)16-7-9-18(25)21-17(16)8-10-20(27)23-21;/h2-4,7-11,13,19,22,24-26H,5-6,12H2,1H3,(H,23,27);1H. The van der Waals surface area contributed by atoms with Crippen LogP contribution in [0.15, 0.2) is 53.3 Å². The van der Waals surface area contributed by atoms with E-state index in [0.29, 0.717) is 23.0 Å². The lowest BCUT2D eigenvalue weighted by atomic mass is 10.0. The van der Waals surface area contributed by atoms with Gasteiger partial charge in [-0.1, -0.05) is 18.2 Å². The van der Waals surface area contributed by atoms with Gasteiger partial charge in [0.25, 0.3) is 0 Å². The molecule has 1 aromatic heterocycles. The Hall–Kier alpha value is -2.54. The maximum absolute atomic E-state index is 11.5. The number of phenolic OH excluding ortho intramolecular Hbond substituents is 2. The van der Waals surface area contributed by atoms with E-state index in [4.69, 9.17) is 0 Å². The molecule has 0 aliphatic rings. The average Bonchev–Trinajstić information content (AvgIpc) is 2.65. The molecule has 1 heterocycles. The van der Waals surface area contributed by atoms with E-state index in [9.17, 15) is 20.1 Å². The molecule has 7 heteroatoms. The number of hydrogen-bond acceptors (Lipinski definition) is 5.